The zero-order valence-electron chi connectivity index (χ0n) is 7.78. The Morgan fingerprint density at radius 2 is 2.43 bits per heavy atom. The lowest BCUT2D eigenvalue weighted by molar-refractivity contribution is -0.138. The van der Waals surface area contributed by atoms with Crippen LogP contribution in [0, 0.1) is 0 Å². The molecule has 14 heavy (non-hydrogen) atoms. The lowest BCUT2D eigenvalue weighted by Gasteiger charge is -2.05. The number of anilines is 1. The highest BCUT2D eigenvalue weighted by Gasteiger charge is 2.28. The molecule has 4 heteroatoms. The van der Waals surface area contributed by atoms with Crippen molar-refractivity contribution in [3.05, 3.63) is 23.8 Å². The van der Waals surface area contributed by atoms with Crippen molar-refractivity contribution in [2.24, 2.45) is 0 Å². The molecular formula is C10H11NO3. The zero-order chi connectivity index (χ0) is 10.1. The molecule has 0 fully saturated rings. The third-order valence-corrected chi connectivity index (χ3v) is 2.43. The van der Waals surface area contributed by atoms with Gasteiger partial charge in [-0.2, -0.15) is 0 Å². The zero-order valence-corrected chi connectivity index (χ0v) is 7.78. The molecule has 0 bridgehead atoms. The van der Waals surface area contributed by atoms with Crippen LogP contribution in [0.1, 0.15) is 11.5 Å². The average Bonchev–Trinajstić information content (AvgIpc) is 2.59. The second-order valence-corrected chi connectivity index (χ2v) is 3.22. The molecule has 1 aromatic carbocycles. The molecule has 1 heterocycles. The van der Waals surface area contributed by atoms with Gasteiger partial charge < -0.3 is 15.2 Å². The molecule has 0 saturated heterocycles. The van der Waals surface area contributed by atoms with Gasteiger partial charge in [-0.25, -0.2) is 0 Å². The van der Waals surface area contributed by atoms with Crippen molar-refractivity contribution in [1.82, 2.24) is 0 Å². The second-order valence-electron chi connectivity index (χ2n) is 3.22. The molecule has 0 aliphatic carbocycles. The number of carboxylic acid groups (broad SMARTS) is 1. The van der Waals surface area contributed by atoms with Crippen LogP contribution < -0.4 is 10.1 Å². The van der Waals surface area contributed by atoms with Crippen LogP contribution in [-0.2, 0) is 4.79 Å². The summed E-state index contributed by atoms with van der Waals surface area (Å²) in [6, 6.07) is 5.43. The molecular weight excluding hydrogens is 182 g/mol. The van der Waals surface area contributed by atoms with E-state index >= 15 is 0 Å². The standard InChI is InChI=1S/C10H11NO3/c1-14-6-2-3-9-7(4-6)8(5-11-9)10(12)13/h2-4,8,11H,5H2,1H3,(H,12,13). The maximum atomic E-state index is 10.9. The van der Waals surface area contributed by atoms with E-state index in [1.165, 1.54) is 0 Å². The third-order valence-electron chi connectivity index (χ3n) is 2.43. The summed E-state index contributed by atoms with van der Waals surface area (Å²) in [5.41, 5.74) is 1.69. The summed E-state index contributed by atoms with van der Waals surface area (Å²) in [6.45, 7) is 0.456. The van der Waals surface area contributed by atoms with Crippen molar-refractivity contribution < 1.29 is 14.6 Å². The topological polar surface area (TPSA) is 58.6 Å². The predicted octanol–water partition coefficient (Wildman–Crippen LogP) is 1.29. The first kappa shape index (κ1) is 8.87. The van der Waals surface area contributed by atoms with Crippen LogP contribution in [0.4, 0.5) is 5.69 Å². The van der Waals surface area contributed by atoms with Crippen LogP contribution in [0.25, 0.3) is 0 Å². The highest BCUT2D eigenvalue weighted by atomic mass is 16.5. The number of hydrogen-bond acceptors (Lipinski definition) is 3. The molecule has 4 nitrogen and oxygen atoms in total. The Balaban J connectivity index is 2.41. The number of fused-ring (bicyclic) bond motifs is 1. The second kappa shape index (κ2) is 3.21. The van der Waals surface area contributed by atoms with Gasteiger partial charge in [0, 0.05) is 12.2 Å². The van der Waals surface area contributed by atoms with E-state index in [1.807, 2.05) is 12.1 Å². The highest BCUT2D eigenvalue weighted by molar-refractivity contribution is 5.82. The van der Waals surface area contributed by atoms with Gasteiger partial charge in [-0.3, -0.25) is 4.79 Å². The van der Waals surface area contributed by atoms with Crippen molar-refractivity contribution in [2.75, 3.05) is 19.0 Å². The van der Waals surface area contributed by atoms with E-state index in [9.17, 15) is 4.79 Å². The number of ether oxygens (including phenoxy) is 1. The molecule has 2 rings (SSSR count). The van der Waals surface area contributed by atoms with E-state index in [0.29, 0.717) is 12.3 Å². The van der Waals surface area contributed by atoms with Crippen molar-refractivity contribution in [3.8, 4) is 5.75 Å². The summed E-state index contributed by atoms with van der Waals surface area (Å²) < 4.78 is 5.05. The highest BCUT2D eigenvalue weighted by Crippen LogP contribution is 2.34. The summed E-state index contributed by atoms with van der Waals surface area (Å²) in [5, 5.41) is 12.0. The number of carboxylic acids is 1. The van der Waals surface area contributed by atoms with Gasteiger partial charge >= 0.3 is 5.97 Å². The Kier molecular flexibility index (Phi) is 2.04. The molecule has 1 aliphatic heterocycles. The Bertz CT molecular complexity index is 376. The maximum absolute atomic E-state index is 10.9. The Morgan fingerprint density at radius 3 is 3.07 bits per heavy atom. The molecule has 0 saturated carbocycles. The van der Waals surface area contributed by atoms with Crippen molar-refractivity contribution in [2.45, 2.75) is 5.92 Å². The van der Waals surface area contributed by atoms with E-state index in [0.717, 1.165) is 11.3 Å². The predicted molar refractivity (Wildman–Crippen MR) is 51.9 cm³/mol. The van der Waals surface area contributed by atoms with E-state index in [2.05, 4.69) is 5.32 Å². The van der Waals surface area contributed by atoms with Gasteiger partial charge in [0.25, 0.3) is 0 Å². The summed E-state index contributed by atoms with van der Waals surface area (Å²) in [6.07, 6.45) is 0. The first-order chi connectivity index (χ1) is 6.72. The van der Waals surface area contributed by atoms with Crippen LogP contribution in [-0.4, -0.2) is 24.7 Å². The Hall–Kier alpha value is -1.71. The molecule has 2 N–H and O–H groups in total. The number of aliphatic carboxylic acids is 1. The minimum absolute atomic E-state index is 0.456. The van der Waals surface area contributed by atoms with Crippen LogP contribution in [0.15, 0.2) is 18.2 Å². The van der Waals surface area contributed by atoms with Crippen LogP contribution in [0.3, 0.4) is 0 Å². The van der Waals surface area contributed by atoms with Crippen LogP contribution >= 0.6 is 0 Å². The molecule has 1 aliphatic rings. The van der Waals surface area contributed by atoms with Gasteiger partial charge in [-0.05, 0) is 23.8 Å². The van der Waals surface area contributed by atoms with Crippen molar-refractivity contribution >= 4 is 11.7 Å². The minimum atomic E-state index is -0.801. The minimum Gasteiger partial charge on any atom is -0.497 e. The number of carbonyl (C=O) groups is 1. The summed E-state index contributed by atoms with van der Waals surface area (Å²) in [4.78, 5) is 10.9. The van der Waals surface area contributed by atoms with Crippen molar-refractivity contribution in [3.63, 3.8) is 0 Å². The summed E-state index contributed by atoms with van der Waals surface area (Å²) in [5.74, 6) is -0.566. The van der Waals surface area contributed by atoms with Crippen LogP contribution in [0.5, 0.6) is 5.75 Å². The normalized spacial score (nSPS) is 18.5. The molecule has 0 spiro atoms. The van der Waals surface area contributed by atoms with Gasteiger partial charge in [0.1, 0.15) is 11.7 Å². The number of rotatable bonds is 2. The fraction of sp³-hybridized carbons (Fsp3) is 0.300. The third kappa shape index (κ3) is 1.28. The average molecular weight is 193 g/mol. The largest absolute Gasteiger partial charge is 0.497 e. The van der Waals surface area contributed by atoms with Gasteiger partial charge in [-0.1, -0.05) is 0 Å². The van der Waals surface area contributed by atoms with Crippen molar-refractivity contribution in [1.29, 1.82) is 0 Å². The fourth-order valence-corrected chi connectivity index (χ4v) is 1.66. The lowest BCUT2D eigenvalue weighted by Crippen LogP contribution is -2.13. The number of nitrogens with one attached hydrogen (secondary N) is 1. The van der Waals surface area contributed by atoms with E-state index in [-0.39, 0.29) is 0 Å². The molecule has 0 amide bonds. The summed E-state index contributed by atoms with van der Waals surface area (Å²) >= 11 is 0. The number of methoxy groups -OCH3 is 1. The molecule has 0 aromatic heterocycles. The van der Waals surface area contributed by atoms with E-state index in [1.54, 1.807) is 13.2 Å². The van der Waals surface area contributed by atoms with Gasteiger partial charge in [-0.15, -0.1) is 0 Å². The number of benzene rings is 1. The molecule has 1 unspecified atom stereocenters. The first-order valence-electron chi connectivity index (χ1n) is 4.37. The van der Waals surface area contributed by atoms with Gasteiger partial charge in [0.05, 0.1) is 7.11 Å². The summed E-state index contributed by atoms with van der Waals surface area (Å²) in [7, 11) is 1.57. The van der Waals surface area contributed by atoms with Gasteiger partial charge in [0.15, 0.2) is 0 Å². The van der Waals surface area contributed by atoms with E-state index in [4.69, 9.17) is 9.84 Å². The molecule has 1 aromatic rings. The fourth-order valence-electron chi connectivity index (χ4n) is 1.66. The molecule has 1 atom stereocenters. The Labute approximate surface area is 81.5 Å². The van der Waals surface area contributed by atoms with Crippen LogP contribution in [0.2, 0.25) is 0 Å². The smallest absolute Gasteiger partial charge is 0.312 e. The van der Waals surface area contributed by atoms with Gasteiger partial charge in [0.2, 0.25) is 0 Å². The SMILES string of the molecule is COc1ccc2c(c1)C(C(=O)O)CN2. The van der Waals surface area contributed by atoms with E-state index < -0.39 is 11.9 Å². The first-order valence-corrected chi connectivity index (χ1v) is 4.37. The number of hydrogen-bond donors (Lipinski definition) is 2. The quantitative estimate of drug-likeness (QED) is 0.743. The molecule has 74 valence electrons. The monoisotopic (exact) mass is 193 g/mol. The lowest BCUT2D eigenvalue weighted by atomic mass is 10.0. The molecule has 0 radical (unpaired) electrons. The maximum Gasteiger partial charge on any atom is 0.312 e. The Morgan fingerprint density at radius 1 is 1.64 bits per heavy atom.